The van der Waals surface area contributed by atoms with Gasteiger partial charge >= 0.3 is 0 Å². The van der Waals surface area contributed by atoms with Crippen molar-refractivity contribution in [1.29, 1.82) is 0 Å². The maximum atomic E-state index is 5.97. The molecule has 0 radical (unpaired) electrons. The molecule has 5 rings (SSSR count). The first kappa shape index (κ1) is 23.6. The molecule has 3 heterocycles. The SMILES string of the molecule is CC.CC.ClCc1ccc(-c2nc3n(c2-c2ccccc2)CCOc2ncccc2-3)cc1. The third-order valence-electron chi connectivity index (χ3n) is 4.96. The smallest absolute Gasteiger partial charge is 0.224 e. The molecule has 4 aromatic rings. The van der Waals surface area contributed by atoms with E-state index in [-0.39, 0.29) is 0 Å². The van der Waals surface area contributed by atoms with E-state index in [0.717, 1.165) is 39.5 Å². The Kier molecular flexibility index (Phi) is 8.46. The van der Waals surface area contributed by atoms with E-state index < -0.39 is 0 Å². The highest BCUT2D eigenvalue weighted by Crippen LogP contribution is 2.39. The Labute approximate surface area is 195 Å². The molecular formula is C27H30ClN3O. The van der Waals surface area contributed by atoms with Crippen molar-refractivity contribution in [1.82, 2.24) is 14.5 Å². The Bertz CT molecular complexity index is 1120. The van der Waals surface area contributed by atoms with Gasteiger partial charge in [-0.3, -0.25) is 0 Å². The van der Waals surface area contributed by atoms with Crippen LogP contribution in [0.25, 0.3) is 33.9 Å². The molecule has 0 amide bonds. The zero-order valence-electron chi connectivity index (χ0n) is 19.2. The Morgan fingerprint density at radius 2 is 1.59 bits per heavy atom. The van der Waals surface area contributed by atoms with Crippen LogP contribution in [0.4, 0.5) is 0 Å². The number of hydrogen-bond acceptors (Lipinski definition) is 3. The van der Waals surface area contributed by atoms with E-state index in [9.17, 15) is 0 Å². The van der Waals surface area contributed by atoms with Gasteiger partial charge in [0.05, 0.1) is 23.5 Å². The predicted molar refractivity (Wildman–Crippen MR) is 134 cm³/mol. The second-order valence-corrected chi connectivity index (χ2v) is 6.95. The zero-order valence-corrected chi connectivity index (χ0v) is 19.9. The van der Waals surface area contributed by atoms with Crippen molar-refractivity contribution in [3.8, 4) is 39.8 Å². The molecule has 0 fully saturated rings. The molecule has 0 unspecified atom stereocenters. The highest BCUT2D eigenvalue weighted by Gasteiger charge is 2.25. The zero-order chi connectivity index (χ0) is 22.9. The molecule has 2 aromatic heterocycles. The summed E-state index contributed by atoms with van der Waals surface area (Å²) in [6.07, 6.45) is 1.75. The van der Waals surface area contributed by atoms with Crippen molar-refractivity contribution in [2.24, 2.45) is 0 Å². The predicted octanol–water partition coefficient (Wildman–Crippen LogP) is 7.46. The lowest BCUT2D eigenvalue weighted by Crippen LogP contribution is -2.07. The van der Waals surface area contributed by atoms with Gasteiger partial charge in [-0.1, -0.05) is 82.3 Å². The molecular weight excluding hydrogens is 418 g/mol. The van der Waals surface area contributed by atoms with Crippen molar-refractivity contribution < 1.29 is 4.74 Å². The fourth-order valence-electron chi connectivity index (χ4n) is 3.63. The molecule has 0 N–H and O–H groups in total. The number of ether oxygens (including phenoxy) is 1. The molecule has 1 aliphatic heterocycles. The number of halogens is 1. The Hall–Kier alpha value is -3.11. The number of rotatable bonds is 3. The van der Waals surface area contributed by atoms with Crippen LogP contribution >= 0.6 is 11.6 Å². The minimum Gasteiger partial charge on any atom is -0.475 e. The Morgan fingerprint density at radius 3 is 2.28 bits per heavy atom. The first-order chi connectivity index (χ1) is 15.8. The van der Waals surface area contributed by atoms with Gasteiger partial charge in [-0.2, -0.15) is 0 Å². The number of alkyl halides is 1. The monoisotopic (exact) mass is 447 g/mol. The van der Waals surface area contributed by atoms with Crippen molar-refractivity contribution >= 4 is 11.6 Å². The summed E-state index contributed by atoms with van der Waals surface area (Å²) in [6, 6.07) is 22.6. The Morgan fingerprint density at radius 1 is 0.875 bits per heavy atom. The van der Waals surface area contributed by atoms with Crippen LogP contribution in [0.2, 0.25) is 0 Å². The fraction of sp³-hybridized carbons (Fsp3) is 0.259. The number of hydrogen-bond donors (Lipinski definition) is 0. The van der Waals surface area contributed by atoms with E-state index in [1.54, 1.807) is 6.20 Å². The van der Waals surface area contributed by atoms with Crippen molar-refractivity contribution in [3.63, 3.8) is 0 Å². The molecule has 0 saturated carbocycles. The molecule has 0 spiro atoms. The van der Waals surface area contributed by atoms with Gasteiger partial charge < -0.3 is 9.30 Å². The molecule has 4 nitrogen and oxygen atoms in total. The summed E-state index contributed by atoms with van der Waals surface area (Å²) in [4.78, 5) is 9.46. The van der Waals surface area contributed by atoms with E-state index >= 15 is 0 Å². The van der Waals surface area contributed by atoms with Crippen molar-refractivity contribution in [2.75, 3.05) is 6.61 Å². The number of benzene rings is 2. The summed E-state index contributed by atoms with van der Waals surface area (Å²) >= 11 is 5.97. The maximum Gasteiger partial charge on any atom is 0.224 e. The lowest BCUT2D eigenvalue weighted by molar-refractivity contribution is 0.296. The van der Waals surface area contributed by atoms with E-state index in [1.165, 1.54) is 0 Å². The van der Waals surface area contributed by atoms with Gasteiger partial charge in [0.1, 0.15) is 12.4 Å². The lowest BCUT2D eigenvalue weighted by atomic mass is 10.0. The van der Waals surface area contributed by atoms with Gasteiger partial charge in [0, 0.05) is 23.2 Å². The van der Waals surface area contributed by atoms with E-state index in [2.05, 4.69) is 58.1 Å². The summed E-state index contributed by atoms with van der Waals surface area (Å²) in [5, 5.41) is 0. The second kappa shape index (κ2) is 11.5. The second-order valence-electron chi connectivity index (χ2n) is 6.69. The first-order valence-electron chi connectivity index (χ1n) is 11.2. The minimum atomic E-state index is 0.502. The topological polar surface area (TPSA) is 39.9 Å². The quantitative estimate of drug-likeness (QED) is 0.306. The number of nitrogens with zero attached hydrogens (tertiary/aromatic N) is 3. The highest BCUT2D eigenvalue weighted by molar-refractivity contribution is 6.17. The summed E-state index contributed by atoms with van der Waals surface area (Å²) in [5.41, 5.74) is 6.26. The van der Waals surface area contributed by atoms with Crippen LogP contribution in [0.3, 0.4) is 0 Å². The van der Waals surface area contributed by atoms with Gasteiger partial charge in [-0.25, -0.2) is 9.97 Å². The molecule has 0 aliphatic carbocycles. The third-order valence-corrected chi connectivity index (χ3v) is 5.27. The number of pyridine rings is 1. The van der Waals surface area contributed by atoms with Crippen LogP contribution < -0.4 is 4.74 Å². The third kappa shape index (κ3) is 4.71. The average molecular weight is 448 g/mol. The van der Waals surface area contributed by atoms with Crippen molar-refractivity contribution in [2.45, 2.75) is 40.1 Å². The van der Waals surface area contributed by atoms with Crippen LogP contribution in [-0.2, 0) is 12.4 Å². The molecule has 166 valence electrons. The summed E-state index contributed by atoms with van der Waals surface area (Å²) in [7, 11) is 0. The number of fused-ring (bicyclic) bond motifs is 3. The van der Waals surface area contributed by atoms with Gasteiger partial charge in [0.25, 0.3) is 0 Å². The highest BCUT2D eigenvalue weighted by atomic mass is 35.5. The van der Waals surface area contributed by atoms with Gasteiger partial charge in [-0.05, 0) is 17.7 Å². The minimum absolute atomic E-state index is 0.502. The number of imidazole rings is 1. The summed E-state index contributed by atoms with van der Waals surface area (Å²) < 4.78 is 8.11. The molecule has 5 heteroatoms. The first-order valence-corrected chi connectivity index (χ1v) is 11.8. The van der Waals surface area contributed by atoms with E-state index in [4.69, 9.17) is 21.3 Å². The summed E-state index contributed by atoms with van der Waals surface area (Å²) in [6.45, 7) is 9.26. The van der Waals surface area contributed by atoms with Crippen LogP contribution in [0.15, 0.2) is 72.9 Å². The van der Waals surface area contributed by atoms with E-state index in [0.29, 0.717) is 24.9 Å². The summed E-state index contributed by atoms with van der Waals surface area (Å²) in [5.74, 6) is 2.02. The largest absolute Gasteiger partial charge is 0.475 e. The standard InChI is InChI=1S/C23H18ClN3O.2C2H6/c24-15-16-8-10-17(11-9-16)20-21(18-5-2-1-3-6-18)27-13-14-28-23-19(22(27)26-20)7-4-12-25-23;2*1-2/h1-12H,13-15H2;2*1-2H3. The molecule has 2 aromatic carbocycles. The van der Waals surface area contributed by atoms with Crippen LogP contribution in [-0.4, -0.2) is 21.1 Å². The van der Waals surface area contributed by atoms with Crippen LogP contribution in [0.5, 0.6) is 5.88 Å². The fourth-order valence-corrected chi connectivity index (χ4v) is 3.81. The number of aromatic nitrogens is 3. The van der Waals surface area contributed by atoms with Crippen molar-refractivity contribution in [3.05, 3.63) is 78.5 Å². The van der Waals surface area contributed by atoms with E-state index in [1.807, 2.05) is 45.9 Å². The average Bonchev–Trinajstić information content (AvgIpc) is 3.17. The molecule has 32 heavy (non-hydrogen) atoms. The maximum absolute atomic E-state index is 5.97. The molecule has 1 aliphatic rings. The molecule has 0 saturated heterocycles. The van der Waals surface area contributed by atoms with Gasteiger partial charge in [0.2, 0.25) is 5.88 Å². The van der Waals surface area contributed by atoms with Crippen LogP contribution in [0.1, 0.15) is 33.3 Å². The lowest BCUT2D eigenvalue weighted by Gasteiger charge is -2.11. The molecule has 0 atom stereocenters. The van der Waals surface area contributed by atoms with Gasteiger partial charge in [-0.15, -0.1) is 11.6 Å². The Balaban J connectivity index is 0.000000686. The molecule has 0 bridgehead atoms. The van der Waals surface area contributed by atoms with Crippen LogP contribution in [0, 0.1) is 0 Å². The normalized spacial score (nSPS) is 11.4. The van der Waals surface area contributed by atoms with Gasteiger partial charge in [0.15, 0.2) is 0 Å².